The number of aromatic hydroxyl groups is 1. The van der Waals surface area contributed by atoms with Gasteiger partial charge in [-0.1, -0.05) is 24.9 Å². The second-order valence-electron chi connectivity index (χ2n) is 8.21. The number of carbonyl (C=O) groups is 1. The number of ether oxygens (including phenoxy) is 2. The fourth-order valence-electron chi connectivity index (χ4n) is 4.14. The molecule has 178 valence electrons. The topological polar surface area (TPSA) is 93.8 Å². The minimum atomic E-state index is -1.05. The van der Waals surface area contributed by atoms with E-state index >= 15 is 0 Å². The van der Waals surface area contributed by atoms with Gasteiger partial charge in [0.05, 0.1) is 25.6 Å². The van der Waals surface area contributed by atoms with Gasteiger partial charge < -0.3 is 19.7 Å². The highest BCUT2D eigenvalue weighted by molar-refractivity contribution is 6.30. The smallest absolute Gasteiger partial charge is 0.331 e. The largest absolute Gasteiger partial charge is 0.507 e. The van der Waals surface area contributed by atoms with E-state index in [1.54, 1.807) is 36.2 Å². The minimum Gasteiger partial charge on any atom is -0.507 e. The van der Waals surface area contributed by atoms with Gasteiger partial charge in [-0.2, -0.15) is 5.10 Å². The van der Waals surface area contributed by atoms with Crippen molar-refractivity contribution in [2.24, 2.45) is 0 Å². The van der Waals surface area contributed by atoms with Crippen LogP contribution < -0.4 is 9.47 Å². The molecule has 4 rings (SSSR count). The Kier molecular flexibility index (Phi) is 7.12. The molecule has 1 aliphatic rings. The Bertz CT molecular complexity index is 1250. The lowest BCUT2D eigenvalue weighted by Crippen LogP contribution is -2.06. The van der Waals surface area contributed by atoms with Crippen LogP contribution in [-0.4, -0.2) is 39.7 Å². The van der Waals surface area contributed by atoms with Gasteiger partial charge in [0.1, 0.15) is 17.2 Å². The third-order valence-electron chi connectivity index (χ3n) is 5.88. The molecule has 0 saturated carbocycles. The van der Waals surface area contributed by atoms with Gasteiger partial charge in [-0.05, 0) is 42.8 Å². The molecule has 0 saturated heterocycles. The number of aromatic nitrogens is 2. The molecule has 8 heteroatoms. The van der Waals surface area contributed by atoms with Crippen molar-refractivity contribution in [2.75, 3.05) is 13.7 Å². The van der Waals surface area contributed by atoms with E-state index in [-0.39, 0.29) is 17.7 Å². The highest BCUT2D eigenvalue weighted by atomic mass is 35.5. The Balaban J connectivity index is 1.78. The lowest BCUT2D eigenvalue weighted by atomic mass is 9.98. The van der Waals surface area contributed by atoms with E-state index in [1.165, 1.54) is 6.07 Å². The third-order valence-corrected chi connectivity index (χ3v) is 6.12. The van der Waals surface area contributed by atoms with Gasteiger partial charge in [0.2, 0.25) is 0 Å². The van der Waals surface area contributed by atoms with Crippen LogP contribution in [0.2, 0.25) is 5.02 Å². The maximum atomic E-state index is 12.2. The summed E-state index contributed by atoms with van der Waals surface area (Å²) in [5.41, 5.74) is 3.73. The molecule has 3 aromatic rings. The van der Waals surface area contributed by atoms with Gasteiger partial charge in [-0.3, -0.25) is 4.68 Å². The van der Waals surface area contributed by atoms with Gasteiger partial charge in [0, 0.05) is 52.2 Å². The molecule has 2 heterocycles. The van der Waals surface area contributed by atoms with Crippen molar-refractivity contribution in [1.29, 1.82) is 0 Å². The van der Waals surface area contributed by atoms with E-state index in [0.717, 1.165) is 36.1 Å². The number of hydrogen-bond donors (Lipinski definition) is 2. The number of phenols is 1. The molecule has 0 atom stereocenters. The molecule has 7 nitrogen and oxygen atoms in total. The maximum absolute atomic E-state index is 12.2. The van der Waals surface area contributed by atoms with Crippen LogP contribution in [0.3, 0.4) is 0 Å². The predicted octanol–water partition coefficient (Wildman–Crippen LogP) is 5.36. The fourth-order valence-corrected chi connectivity index (χ4v) is 4.30. The zero-order chi connectivity index (χ0) is 24.2. The van der Waals surface area contributed by atoms with E-state index in [9.17, 15) is 15.0 Å². The van der Waals surface area contributed by atoms with Crippen molar-refractivity contribution in [1.82, 2.24) is 9.78 Å². The van der Waals surface area contributed by atoms with Crippen molar-refractivity contribution in [3.05, 3.63) is 63.8 Å². The Labute approximate surface area is 203 Å². The first-order valence-corrected chi connectivity index (χ1v) is 11.6. The van der Waals surface area contributed by atoms with Gasteiger partial charge in [0.25, 0.3) is 0 Å². The van der Waals surface area contributed by atoms with Gasteiger partial charge in [-0.15, -0.1) is 0 Å². The van der Waals surface area contributed by atoms with Crippen LogP contribution in [0, 0.1) is 0 Å². The molecule has 1 aromatic heterocycles. The highest BCUT2D eigenvalue weighted by Gasteiger charge is 2.21. The summed E-state index contributed by atoms with van der Waals surface area (Å²) in [6, 6.07) is 8.64. The standard InChI is InChI=1S/C26H27ClN2O5/c1-3-4-8-29-25(21-6-5-20(27)14-22(21)30)19(15-28-29)11-18(26(31)32)10-17-13-24-16(7-9-34-24)12-23(17)33-2/h5-6,11-15,30H,3-4,7-10H2,1-2H3,(H,31,32)/b18-11+. The summed E-state index contributed by atoms with van der Waals surface area (Å²) in [5.74, 6) is 0.357. The van der Waals surface area contributed by atoms with Crippen LogP contribution in [0.15, 0.2) is 42.1 Å². The van der Waals surface area contributed by atoms with Crippen molar-refractivity contribution < 1.29 is 24.5 Å². The molecule has 0 fully saturated rings. The van der Waals surface area contributed by atoms with Gasteiger partial charge in [-0.25, -0.2) is 4.79 Å². The number of halogens is 1. The molecular weight excluding hydrogens is 456 g/mol. The van der Waals surface area contributed by atoms with Crippen molar-refractivity contribution >= 4 is 23.6 Å². The molecule has 2 N–H and O–H groups in total. The summed E-state index contributed by atoms with van der Waals surface area (Å²) >= 11 is 6.03. The number of aryl methyl sites for hydroxylation is 1. The van der Waals surface area contributed by atoms with Crippen LogP contribution in [0.25, 0.3) is 17.3 Å². The first-order valence-electron chi connectivity index (χ1n) is 11.2. The summed E-state index contributed by atoms with van der Waals surface area (Å²) in [6.45, 7) is 3.33. The van der Waals surface area contributed by atoms with Crippen molar-refractivity contribution in [3.63, 3.8) is 0 Å². The Morgan fingerprint density at radius 2 is 2.15 bits per heavy atom. The quantitative estimate of drug-likeness (QED) is 0.398. The zero-order valence-corrected chi connectivity index (χ0v) is 19.9. The number of carboxylic acid groups (broad SMARTS) is 1. The Hall–Kier alpha value is -3.45. The SMILES string of the molecule is CCCCn1ncc(/C=C(\Cc2cc3c(cc2OC)CCO3)C(=O)O)c1-c1ccc(Cl)cc1O. The fraction of sp³-hybridized carbons (Fsp3) is 0.308. The number of carboxylic acids is 1. The number of benzene rings is 2. The molecule has 1 aliphatic heterocycles. The number of methoxy groups -OCH3 is 1. The lowest BCUT2D eigenvalue weighted by molar-refractivity contribution is -0.132. The maximum Gasteiger partial charge on any atom is 0.331 e. The number of nitrogens with zero attached hydrogens (tertiary/aromatic N) is 2. The van der Waals surface area contributed by atoms with E-state index in [0.29, 0.717) is 40.7 Å². The zero-order valence-electron chi connectivity index (χ0n) is 19.2. The van der Waals surface area contributed by atoms with E-state index < -0.39 is 5.97 Å². The van der Waals surface area contributed by atoms with Crippen LogP contribution >= 0.6 is 11.6 Å². The first-order chi connectivity index (χ1) is 16.4. The monoisotopic (exact) mass is 482 g/mol. The second kappa shape index (κ2) is 10.2. The van der Waals surface area contributed by atoms with Gasteiger partial charge in [0.15, 0.2) is 0 Å². The van der Waals surface area contributed by atoms with Crippen LogP contribution in [0.4, 0.5) is 0 Å². The lowest BCUT2D eigenvalue weighted by Gasteiger charge is -2.13. The number of phenolic OH excluding ortho intramolecular Hbond substituents is 1. The molecule has 0 aliphatic carbocycles. The van der Waals surface area contributed by atoms with Crippen LogP contribution in [0.1, 0.15) is 36.5 Å². The Morgan fingerprint density at radius 3 is 2.85 bits per heavy atom. The number of unbranched alkanes of at least 4 members (excludes halogenated alkanes) is 1. The van der Waals surface area contributed by atoms with Gasteiger partial charge >= 0.3 is 5.97 Å². The summed E-state index contributed by atoms with van der Waals surface area (Å²) in [4.78, 5) is 12.2. The van der Waals surface area contributed by atoms with Crippen LogP contribution in [-0.2, 0) is 24.2 Å². The second-order valence-corrected chi connectivity index (χ2v) is 8.64. The normalized spacial score (nSPS) is 13.0. The van der Waals surface area contributed by atoms with E-state index in [4.69, 9.17) is 21.1 Å². The Morgan fingerprint density at radius 1 is 1.32 bits per heavy atom. The van der Waals surface area contributed by atoms with Crippen molar-refractivity contribution in [3.8, 4) is 28.5 Å². The summed E-state index contributed by atoms with van der Waals surface area (Å²) in [5, 5.41) is 25.5. The predicted molar refractivity (Wildman–Crippen MR) is 131 cm³/mol. The molecule has 2 aromatic carbocycles. The van der Waals surface area contributed by atoms with Crippen molar-refractivity contribution in [2.45, 2.75) is 39.2 Å². The highest BCUT2D eigenvalue weighted by Crippen LogP contribution is 2.37. The number of rotatable bonds is 9. The summed E-state index contributed by atoms with van der Waals surface area (Å²) < 4.78 is 13.0. The first kappa shape index (κ1) is 23.7. The number of fused-ring (bicyclic) bond motifs is 1. The molecular formula is C26H27ClN2O5. The third kappa shape index (κ3) is 4.89. The molecule has 34 heavy (non-hydrogen) atoms. The van der Waals surface area contributed by atoms with E-state index in [1.807, 2.05) is 12.1 Å². The minimum absolute atomic E-state index is 0.00899. The summed E-state index contributed by atoms with van der Waals surface area (Å²) in [6.07, 6.45) is 6.04. The molecule has 0 spiro atoms. The average Bonchev–Trinajstić information content (AvgIpc) is 3.43. The van der Waals surface area contributed by atoms with E-state index in [2.05, 4.69) is 12.0 Å². The summed E-state index contributed by atoms with van der Waals surface area (Å²) in [7, 11) is 1.57. The molecule has 0 radical (unpaired) electrons. The number of hydrogen-bond acceptors (Lipinski definition) is 5. The molecule has 0 amide bonds. The number of aliphatic carboxylic acids is 1. The molecule has 0 unspecified atom stereocenters. The molecule has 0 bridgehead atoms. The average molecular weight is 483 g/mol. The van der Waals surface area contributed by atoms with Crippen LogP contribution in [0.5, 0.6) is 17.2 Å².